The highest BCUT2D eigenvalue weighted by molar-refractivity contribution is 7.98. The molecule has 4 nitrogen and oxygen atoms in total. The van der Waals surface area contributed by atoms with Crippen LogP contribution in [-0.2, 0) is 0 Å². The molecule has 0 aliphatic carbocycles. The van der Waals surface area contributed by atoms with E-state index in [4.69, 9.17) is 5.73 Å². The normalized spacial score (nSPS) is 12.1. The molecule has 0 radical (unpaired) electrons. The van der Waals surface area contributed by atoms with Gasteiger partial charge in [-0.1, -0.05) is 6.92 Å². The number of thioether (sulfide) groups is 1. The number of anilines is 1. The van der Waals surface area contributed by atoms with Crippen LogP contribution in [0.3, 0.4) is 0 Å². The average molecular weight is 239 g/mol. The lowest BCUT2D eigenvalue weighted by atomic mass is 10.2. The number of carbonyl (C=O) groups is 1. The van der Waals surface area contributed by atoms with Crippen LogP contribution in [0, 0.1) is 0 Å². The van der Waals surface area contributed by atoms with Crippen molar-refractivity contribution >= 4 is 23.5 Å². The maximum Gasteiger partial charge on any atom is 0.251 e. The van der Waals surface area contributed by atoms with Gasteiger partial charge in [0, 0.05) is 23.6 Å². The predicted molar refractivity (Wildman–Crippen MR) is 68.6 cm³/mol. The molecule has 0 bridgehead atoms. The highest BCUT2D eigenvalue weighted by Gasteiger charge is 2.11. The van der Waals surface area contributed by atoms with E-state index in [1.807, 2.05) is 6.26 Å². The van der Waals surface area contributed by atoms with Crippen molar-refractivity contribution in [1.82, 2.24) is 10.3 Å². The molecule has 1 unspecified atom stereocenters. The van der Waals surface area contributed by atoms with E-state index in [0.29, 0.717) is 11.4 Å². The summed E-state index contributed by atoms with van der Waals surface area (Å²) in [6.07, 6.45) is 4.49. The number of hydrogen-bond acceptors (Lipinski definition) is 4. The molecule has 1 heterocycles. The lowest BCUT2D eigenvalue weighted by molar-refractivity contribution is 0.0940. The van der Waals surface area contributed by atoms with Crippen LogP contribution in [0.2, 0.25) is 0 Å². The third-order valence-corrected chi connectivity index (χ3v) is 2.97. The van der Waals surface area contributed by atoms with E-state index in [2.05, 4.69) is 17.2 Å². The minimum Gasteiger partial charge on any atom is -0.384 e. The summed E-state index contributed by atoms with van der Waals surface area (Å²) in [4.78, 5) is 15.7. The third-order valence-electron chi connectivity index (χ3n) is 2.24. The quantitative estimate of drug-likeness (QED) is 0.817. The van der Waals surface area contributed by atoms with Crippen LogP contribution in [0.5, 0.6) is 0 Å². The molecule has 0 aliphatic heterocycles. The standard InChI is InChI=1S/C11H17N3OS/c1-3-9(7-16-2)14-11(15)8-4-5-13-10(12)6-8/h4-6,9H,3,7H2,1-2H3,(H2,12,13)(H,14,15). The van der Waals surface area contributed by atoms with Gasteiger partial charge < -0.3 is 11.1 Å². The number of nitrogens with zero attached hydrogens (tertiary/aromatic N) is 1. The number of nitrogens with two attached hydrogens (primary N) is 1. The molecule has 16 heavy (non-hydrogen) atoms. The summed E-state index contributed by atoms with van der Waals surface area (Å²) in [5, 5.41) is 2.97. The minimum atomic E-state index is -0.0880. The molecule has 0 saturated heterocycles. The second-order valence-corrected chi connectivity index (χ2v) is 4.41. The summed E-state index contributed by atoms with van der Waals surface area (Å²) < 4.78 is 0. The van der Waals surface area contributed by atoms with E-state index < -0.39 is 0 Å². The Balaban J connectivity index is 2.64. The summed E-state index contributed by atoms with van der Waals surface area (Å²) >= 11 is 1.72. The first-order valence-corrected chi connectivity index (χ1v) is 6.58. The van der Waals surface area contributed by atoms with E-state index >= 15 is 0 Å². The molecule has 5 heteroatoms. The molecule has 0 spiro atoms. The Kier molecular flexibility index (Phi) is 5.11. The number of nitrogens with one attached hydrogen (secondary N) is 1. The Bertz CT molecular complexity index is 357. The number of rotatable bonds is 5. The van der Waals surface area contributed by atoms with Crippen LogP contribution in [0.4, 0.5) is 5.82 Å². The first-order valence-electron chi connectivity index (χ1n) is 5.18. The molecular weight excluding hydrogens is 222 g/mol. The Morgan fingerprint density at radius 2 is 2.44 bits per heavy atom. The van der Waals surface area contributed by atoms with Crippen molar-refractivity contribution in [3.8, 4) is 0 Å². The summed E-state index contributed by atoms with van der Waals surface area (Å²) in [5.41, 5.74) is 6.09. The van der Waals surface area contributed by atoms with Crippen molar-refractivity contribution in [2.24, 2.45) is 0 Å². The zero-order valence-electron chi connectivity index (χ0n) is 9.56. The van der Waals surface area contributed by atoms with Gasteiger partial charge in [0.15, 0.2) is 0 Å². The molecule has 1 aromatic rings. The van der Waals surface area contributed by atoms with Crippen molar-refractivity contribution in [3.63, 3.8) is 0 Å². The van der Waals surface area contributed by atoms with Gasteiger partial charge in [-0.2, -0.15) is 11.8 Å². The average Bonchev–Trinajstić information content (AvgIpc) is 2.28. The number of hydrogen-bond donors (Lipinski definition) is 2. The van der Waals surface area contributed by atoms with Crippen LogP contribution in [0.15, 0.2) is 18.3 Å². The van der Waals surface area contributed by atoms with E-state index in [-0.39, 0.29) is 11.9 Å². The molecule has 0 aliphatic rings. The maximum absolute atomic E-state index is 11.8. The summed E-state index contributed by atoms with van der Waals surface area (Å²) in [7, 11) is 0. The number of aromatic nitrogens is 1. The second kappa shape index (κ2) is 6.37. The topological polar surface area (TPSA) is 68.0 Å². The van der Waals surface area contributed by atoms with Crippen LogP contribution < -0.4 is 11.1 Å². The van der Waals surface area contributed by atoms with Gasteiger partial charge in [-0.15, -0.1) is 0 Å². The maximum atomic E-state index is 11.8. The molecule has 0 saturated carbocycles. The Labute approximate surface area is 100 Å². The fraction of sp³-hybridized carbons (Fsp3) is 0.455. The van der Waals surface area contributed by atoms with E-state index in [0.717, 1.165) is 12.2 Å². The van der Waals surface area contributed by atoms with Crippen molar-refractivity contribution in [3.05, 3.63) is 23.9 Å². The first kappa shape index (κ1) is 12.8. The smallest absolute Gasteiger partial charge is 0.251 e. The van der Waals surface area contributed by atoms with Gasteiger partial charge in [-0.05, 0) is 24.8 Å². The molecule has 1 atom stereocenters. The lowest BCUT2D eigenvalue weighted by Crippen LogP contribution is -2.36. The Morgan fingerprint density at radius 1 is 1.69 bits per heavy atom. The van der Waals surface area contributed by atoms with Crippen LogP contribution in [0.25, 0.3) is 0 Å². The molecule has 3 N–H and O–H groups in total. The number of nitrogen functional groups attached to an aromatic ring is 1. The number of pyridine rings is 1. The van der Waals surface area contributed by atoms with Crippen LogP contribution >= 0.6 is 11.8 Å². The summed E-state index contributed by atoms with van der Waals surface area (Å²) in [6.45, 7) is 2.06. The van der Waals surface area contributed by atoms with E-state index in [1.54, 1.807) is 30.1 Å². The van der Waals surface area contributed by atoms with Crippen LogP contribution in [-0.4, -0.2) is 28.9 Å². The molecular formula is C11H17N3OS. The molecule has 1 amide bonds. The van der Waals surface area contributed by atoms with E-state index in [1.165, 1.54) is 0 Å². The van der Waals surface area contributed by atoms with Crippen molar-refractivity contribution < 1.29 is 4.79 Å². The highest BCUT2D eigenvalue weighted by Crippen LogP contribution is 2.06. The largest absolute Gasteiger partial charge is 0.384 e. The van der Waals surface area contributed by atoms with Gasteiger partial charge in [0.05, 0.1) is 0 Å². The second-order valence-electron chi connectivity index (χ2n) is 3.50. The van der Waals surface area contributed by atoms with Crippen LogP contribution in [0.1, 0.15) is 23.7 Å². The SMILES string of the molecule is CCC(CSC)NC(=O)c1ccnc(N)c1. The number of amides is 1. The molecule has 1 aromatic heterocycles. The monoisotopic (exact) mass is 239 g/mol. The minimum absolute atomic E-state index is 0.0880. The lowest BCUT2D eigenvalue weighted by Gasteiger charge is -2.15. The zero-order chi connectivity index (χ0) is 12.0. The van der Waals surface area contributed by atoms with Crippen molar-refractivity contribution in [2.45, 2.75) is 19.4 Å². The van der Waals surface area contributed by atoms with Crippen molar-refractivity contribution in [2.75, 3.05) is 17.7 Å². The van der Waals surface area contributed by atoms with Gasteiger partial charge in [-0.3, -0.25) is 4.79 Å². The third kappa shape index (κ3) is 3.73. The Hall–Kier alpha value is -1.23. The Morgan fingerprint density at radius 3 is 3.00 bits per heavy atom. The van der Waals surface area contributed by atoms with Gasteiger partial charge in [0.2, 0.25) is 0 Å². The van der Waals surface area contributed by atoms with Gasteiger partial charge in [-0.25, -0.2) is 4.98 Å². The van der Waals surface area contributed by atoms with Gasteiger partial charge in [0.25, 0.3) is 5.91 Å². The molecule has 0 fully saturated rings. The number of carbonyl (C=O) groups excluding carboxylic acids is 1. The van der Waals surface area contributed by atoms with Gasteiger partial charge in [0.1, 0.15) is 5.82 Å². The van der Waals surface area contributed by atoms with E-state index in [9.17, 15) is 4.79 Å². The molecule has 1 rings (SSSR count). The highest BCUT2D eigenvalue weighted by atomic mass is 32.2. The summed E-state index contributed by atoms with van der Waals surface area (Å²) in [6, 6.07) is 3.45. The fourth-order valence-corrected chi connectivity index (χ4v) is 2.04. The molecule has 88 valence electrons. The van der Waals surface area contributed by atoms with Crippen molar-refractivity contribution in [1.29, 1.82) is 0 Å². The predicted octanol–water partition coefficient (Wildman–Crippen LogP) is 1.54. The molecule has 0 aromatic carbocycles. The first-order chi connectivity index (χ1) is 7.67. The summed E-state index contributed by atoms with van der Waals surface area (Å²) in [5.74, 6) is 1.20. The zero-order valence-corrected chi connectivity index (χ0v) is 10.4. The fourth-order valence-electron chi connectivity index (χ4n) is 1.32. The van der Waals surface area contributed by atoms with Gasteiger partial charge >= 0.3 is 0 Å².